The van der Waals surface area contributed by atoms with Gasteiger partial charge in [-0.3, -0.25) is 9.48 Å². The quantitative estimate of drug-likeness (QED) is 0.634. The van der Waals surface area contributed by atoms with Crippen molar-refractivity contribution in [3.8, 4) is 0 Å². The van der Waals surface area contributed by atoms with Crippen molar-refractivity contribution in [2.24, 2.45) is 12.8 Å². The molecule has 24 heavy (non-hydrogen) atoms. The highest BCUT2D eigenvalue weighted by molar-refractivity contribution is 5.87. The number of nitrogens with zero attached hydrogens (tertiary/aromatic N) is 2. The lowest BCUT2D eigenvalue weighted by Crippen LogP contribution is -2.37. The minimum atomic E-state index is -0.613. The van der Waals surface area contributed by atoms with Crippen LogP contribution in [0.4, 0.5) is 10.5 Å². The predicted octanol–water partition coefficient (Wildman–Crippen LogP) is 1.05. The lowest BCUT2D eigenvalue weighted by molar-refractivity contribution is -0.123. The molecule has 0 radical (unpaired) electrons. The minimum absolute atomic E-state index is 0.141. The lowest BCUT2D eigenvalue weighted by Gasteiger charge is -2.19. The van der Waals surface area contributed by atoms with Crippen molar-refractivity contribution in [2.45, 2.75) is 19.0 Å². The topological polar surface area (TPSA) is 114 Å². The minimum Gasteiger partial charge on any atom is -0.351 e. The van der Waals surface area contributed by atoms with E-state index < -0.39 is 12.1 Å². The molecule has 1 aromatic heterocycles. The third kappa shape index (κ3) is 4.32. The van der Waals surface area contributed by atoms with Crippen LogP contribution in [0.5, 0.6) is 0 Å². The van der Waals surface area contributed by atoms with Gasteiger partial charge in [0, 0.05) is 24.5 Å². The van der Waals surface area contributed by atoms with E-state index in [9.17, 15) is 9.59 Å². The molecule has 0 bridgehead atoms. The van der Waals surface area contributed by atoms with E-state index in [-0.39, 0.29) is 11.9 Å². The molecule has 2 rings (SSSR count). The molecule has 5 N–H and O–H groups in total. The number of carbonyl (C=O) groups is 2. The molecule has 8 heteroatoms. The van der Waals surface area contributed by atoms with E-state index >= 15 is 0 Å². The van der Waals surface area contributed by atoms with Crippen molar-refractivity contribution in [2.75, 3.05) is 12.4 Å². The molecule has 1 aromatic carbocycles. The summed E-state index contributed by atoms with van der Waals surface area (Å²) >= 11 is 0. The number of nitrogens with two attached hydrogens (primary N) is 1. The van der Waals surface area contributed by atoms with E-state index in [2.05, 4.69) is 21.0 Å². The number of aromatic nitrogens is 2. The number of anilines is 1. The standard InChI is InChI=1S/C16H22N6O2/c1-10(11-4-6-13(7-5-11)21-16(17)24)20-15(23)14(18-2)12-8-19-22(3)9-12/h4-10,14,18H,1-3H3,(H,20,23)(H3,17,21,24). The molecule has 0 aliphatic carbocycles. The maximum Gasteiger partial charge on any atom is 0.316 e. The van der Waals surface area contributed by atoms with Crippen LogP contribution in [-0.4, -0.2) is 28.8 Å². The van der Waals surface area contributed by atoms with E-state index in [0.29, 0.717) is 5.69 Å². The first-order chi connectivity index (χ1) is 11.4. The van der Waals surface area contributed by atoms with Gasteiger partial charge in [0.15, 0.2) is 0 Å². The number of benzene rings is 1. The predicted molar refractivity (Wildman–Crippen MR) is 91.2 cm³/mol. The Morgan fingerprint density at radius 3 is 2.38 bits per heavy atom. The smallest absolute Gasteiger partial charge is 0.316 e. The molecule has 0 saturated heterocycles. The van der Waals surface area contributed by atoms with Gasteiger partial charge < -0.3 is 21.7 Å². The number of rotatable bonds is 6. The Morgan fingerprint density at radius 1 is 1.21 bits per heavy atom. The summed E-state index contributed by atoms with van der Waals surface area (Å²) in [5.74, 6) is -0.141. The van der Waals surface area contributed by atoms with Gasteiger partial charge in [-0.2, -0.15) is 5.10 Å². The van der Waals surface area contributed by atoms with Gasteiger partial charge in [-0.15, -0.1) is 0 Å². The first kappa shape index (κ1) is 17.5. The average molecular weight is 330 g/mol. The molecule has 2 unspecified atom stereocenters. The van der Waals surface area contributed by atoms with Gasteiger partial charge in [0.1, 0.15) is 6.04 Å². The molecule has 3 amide bonds. The monoisotopic (exact) mass is 330 g/mol. The molecule has 0 aliphatic rings. The molecule has 2 atom stereocenters. The summed E-state index contributed by atoms with van der Waals surface area (Å²) in [4.78, 5) is 23.3. The Hall–Kier alpha value is -2.87. The van der Waals surface area contributed by atoms with Gasteiger partial charge in [-0.1, -0.05) is 12.1 Å². The van der Waals surface area contributed by atoms with E-state index in [0.717, 1.165) is 11.1 Å². The molecule has 8 nitrogen and oxygen atoms in total. The molecule has 0 fully saturated rings. The fourth-order valence-electron chi connectivity index (χ4n) is 2.42. The SMILES string of the molecule is CNC(C(=O)NC(C)c1ccc(NC(N)=O)cc1)c1cnn(C)c1. The summed E-state index contributed by atoms with van der Waals surface area (Å²) in [5.41, 5.74) is 7.39. The fourth-order valence-corrected chi connectivity index (χ4v) is 2.42. The van der Waals surface area contributed by atoms with Crippen molar-refractivity contribution >= 4 is 17.6 Å². The van der Waals surface area contributed by atoms with Gasteiger partial charge in [0.2, 0.25) is 5.91 Å². The highest BCUT2D eigenvalue weighted by Gasteiger charge is 2.21. The fraction of sp³-hybridized carbons (Fsp3) is 0.312. The Balaban J connectivity index is 2.03. The summed E-state index contributed by atoms with van der Waals surface area (Å²) in [6.45, 7) is 1.89. The van der Waals surface area contributed by atoms with Crippen molar-refractivity contribution in [1.29, 1.82) is 0 Å². The van der Waals surface area contributed by atoms with Crippen LogP contribution in [0.1, 0.15) is 30.1 Å². The van der Waals surface area contributed by atoms with Crippen LogP contribution >= 0.6 is 0 Å². The van der Waals surface area contributed by atoms with Crippen LogP contribution in [0.25, 0.3) is 0 Å². The number of amides is 3. The summed E-state index contributed by atoms with van der Waals surface area (Å²) in [6, 6.07) is 5.85. The molecular formula is C16H22N6O2. The Morgan fingerprint density at radius 2 is 1.88 bits per heavy atom. The largest absolute Gasteiger partial charge is 0.351 e. The maximum absolute atomic E-state index is 12.5. The van der Waals surface area contributed by atoms with Crippen LogP contribution < -0.4 is 21.7 Å². The number of likely N-dealkylation sites (N-methyl/N-ethyl adjacent to an activating group) is 1. The van der Waals surface area contributed by atoms with Crippen molar-refractivity contribution < 1.29 is 9.59 Å². The number of nitrogens with one attached hydrogen (secondary N) is 3. The van der Waals surface area contributed by atoms with Crippen LogP contribution in [0.3, 0.4) is 0 Å². The average Bonchev–Trinajstić information content (AvgIpc) is 2.94. The van der Waals surface area contributed by atoms with Gasteiger partial charge in [-0.25, -0.2) is 4.79 Å². The van der Waals surface area contributed by atoms with Crippen LogP contribution in [0.15, 0.2) is 36.7 Å². The highest BCUT2D eigenvalue weighted by Crippen LogP contribution is 2.18. The first-order valence-electron chi connectivity index (χ1n) is 7.53. The molecule has 128 valence electrons. The molecular weight excluding hydrogens is 308 g/mol. The Labute approximate surface area is 140 Å². The zero-order valence-corrected chi connectivity index (χ0v) is 13.9. The molecule has 1 heterocycles. The van der Waals surface area contributed by atoms with Crippen molar-refractivity contribution in [3.63, 3.8) is 0 Å². The van der Waals surface area contributed by atoms with Gasteiger partial charge in [0.25, 0.3) is 0 Å². The number of carbonyl (C=O) groups excluding carboxylic acids is 2. The Bertz CT molecular complexity index is 710. The summed E-state index contributed by atoms with van der Waals surface area (Å²) < 4.78 is 1.65. The normalized spacial score (nSPS) is 13.1. The number of urea groups is 1. The lowest BCUT2D eigenvalue weighted by atomic mass is 10.1. The van der Waals surface area contributed by atoms with Crippen LogP contribution in [-0.2, 0) is 11.8 Å². The van der Waals surface area contributed by atoms with E-state index in [1.165, 1.54) is 0 Å². The first-order valence-corrected chi connectivity index (χ1v) is 7.53. The highest BCUT2D eigenvalue weighted by atomic mass is 16.2. The van der Waals surface area contributed by atoms with Gasteiger partial charge >= 0.3 is 6.03 Å². The van der Waals surface area contributed by atoms with E-state index in [1.807, 2.05) is 19.1 Å². The van der Waals surface area contributed by atoms with E-state index in [4.69, 9.17) is 5.73 Å². The summed E-state index contributed by atoms with van der Waals surface area (Å²) in [5, 5.41) is 12.5. The number of hydrogen-bond acceptors (Lipinski definition) is 4. The number of aryl methyl sites for hydroxylation is 1. The van der Waals surface area contributed by atoms with Gasteiger partial charge in [0.05, 0.1) is 12.2 Å². The third-order valence-electron chi connectivity index (χ3n) is 3.65. The second-order valence-corrected chi connectivity index (χ2v) is 5.51. The number of primary amides is 1. The molecule has 0 saturated carbocycles. The zero-order valence-electron chi connectivity index (χ0n) is 13.9. The number of hydrogen-bond donors (Lipinski definition) is 4. The van der Waals surface area contributed by atoms with Crippen molar-refractivity contribution in [1.82, 2.24) is 20.4 Å². The Kier molecular flexibility index (Phi) is 5.54. The van der Waals surface area contributed by atoms with Gasteiger partial charge in [-0.05, 0) is 31.7 Å². The molecule has 0 spiro atoms. The van der Waals surface area contributed by atoms with Crippen LogP contribution in [0.2, 0.25) is 0 Å². The molecule has 2 aromatic rings. The summed E-state index contributed by atoms with van der Waals surface area (Å²) in [7, 11) is 3.53. The second kappa shape index (κ2) is 7.60. The molecule has 0 aliphatic heterocycles. The van der Waals surface area contributed by atoms with E-state index in [1.54, 1.807) is 43.3 Å². The third-order valence-corrected chi connectivity index (χ3v) is 3.65. The van der Waals surface area contributed by atoms with Crippen molar-refractivity contribution in [3.05, 3.63) is 47.8 Å². The van der Waals surface area contributed by atoms with Crippen LogP contribution in [0, 0.1) is 0 Å². The summed E-state index contributed by atoms with van der Waals surface area (Å²) in [6.07, 6.45) is 3.46. The second-order valence-electron chi connectivity index (χ2n) is 5.51. The maximum atomic E-state index is 12.5. The zero-order chi connectivity index (χ0) is 17.7.